The van der Waals surface area contributed by atoms with E-state index in [1.54, 1.807) is 12.1 Å². The van der Waals surface area contributed by atoms with Crippen LogP contribution in [0.1, 0.15) is 19.8 Å². The van der Waals surface area contributed by atoms with E-state index in [1.165, 1.54) is 23.9 Å². The van der Waals surface area contributed by atoms with Crippen LogP contribution in [0.4, 0.5) is 5.69 Å². The number of likely N-dealkylation sites (tertiary alicyclic amines) is 1. The molecule has 1 aromatic carbocycles. The number of thioether (sulfide) groups is 1. The van der Waals surface area contributed by atoms with Crippen molar-refractivity contribution in [3.63, 3.8) is 0 Å². The number of hydrogen-bond acceptors (Lipinski definition) is 5. The number of benzene rings is 1. The summed E-state index contributed by atoms with van der Waals surface area (Å²) in [6.45, 7) is 3.46. The maximum absolute atomic E-state index is 12.4. The molecule has 1 fully saturated rings. The number of hydrogen-bond donors (Lipinski definition) is 1. The van der Waals surface area contributed by atoms with Gasteiger partial charge >= 0.3 is 0 Å². The SMILES string of the molecule is CNC1CCN(C(=O)C(C)Sc2ccc([N+](=O)[O-])cc2)CC1. The molecule has 2 rings (SSSR count). The maximum Gasteiger partial charge on any atom is 0.269 e. The number of rotatable bonds is 5. The standard InChI is InChI=1S/C15H21N3O3S/c1-11(15(19)17-9-7-12(16-2)8-10-17)22-14-5-3-13(4-6-14)18(20)21/h3-6,11-12,16H,7-10H2,1-2H3. The van der Waals surface area contributed by atoms with Crippen LogP contribution >= 0.6 is 11.8 Å². The lowest BCUT2D eigenvalue weighted by Gasteiger charge is -2.33. The summed E-state index contributed by atoms with van der Waals surface area (Å²) in [6.07, 6.45) is 1.97. The van der Waals surface area contributed by atoms with Gasteiger partial charge in [-0.1, -0.05) is 0 Å². The Morgan fingerprint density at radius 1 is 1.36 bits per heavy atom. The molecule has 6 nitrogen and oxygen atoms in total. The minimum absolute atomic E-state index is 0.0671. The first-order chi connectivity index (χ1) is 10.5. The number of nitro benzene ring substituents is 1. The van der Waals surface area contributed by atoms with Crippen molar-refractivity contribution in [2.45, 2.75) is 36.0 Å². The average Bonchev–Trinajstić information content (AvgIpc) is 2.54. The largest absolute Gasteiger partial charge is 0.342 e. The number of non-ortho nitro benzene ring substituents is 1. The molecule has 1 aliphatic rings. The highest BCUT2D eigenvalue weighted by Gasteiger charge is 2.25. The monoisotopic (exact) mass is 323 g/mol. The third-order valence-electron chi connectivity index (χ3n) is 3.92. The second-order valence-corrected chi connectivity index (χ2v) is 6.81. The van der Waals surface area contributed by atoms with E-state index in [0.29, 0.717) is 6.04 Å². The van der Waals surface area contributed by atoms with Gasteiger partial charge < -0.3 is 10.2 Å². The molecule has 22 heavy (non-hydrogen) atoms. The molecular formula is C15H21N3O3S. The van der Waals surface area contributed by atoms with Crippen LogP contribution in [0.3, 0.4) is 0 Å². The molecule has 1 atom stereocenters. The summed E-state index contributed by atoms with van der Waals surface area (Å²) in [6, 6.07) is 6.83. The summed E-state index contributed by atoms with van der Waals surface area (Å²) in [4.78, 5) is 25.4. The van der Waals surface area contributed by atoms with E-state index in [0.717, 1.165) is 30.8 Å². The van der Waals surface area contributed by atoms with Crippen LogP contribution in [0.15, 0.2) is 29.2 Å². The van der Waals surface area contributed by atoms with E-state index in [2.05, 4.69) is 5.32 Å². The molecule has 1 heterocycles. The van der Waals surface area contributed by atoms with Gasteiger partial charge in [-0.25, -0.2) is 0 Å². The number of nitrogens with zero attached hydrogens (tertiary/aromatic N) is 2. The third-order valence-corrected chi connectivity index (χ3v) is 5.02. The topological polar surface area (TPSA) is 75.5 Å². The molecular weight excluding hydrogens is 302 g/mol. The summed E-state index contributed by atoms with van der Waals surface area (Å²) >= 11 is 1.44. The molecule has 7 heteroatoms. The molecule has 0 bridgehead atoms. The number of carbonyl (C=O) groups excluding carboxylic acids is 1. The van der Waals surface area contributed by atoms with Gasteiger partial charge in [0.2, 0.25) is 5.91 Å². The van der Waals surface area contributed by atoms with Gasteiger partial charge in [-0.2, -0.15) is 0 Å². The minimum Gasteiger partial charge on any atom is -0.342 e. The Kier molecular flexibility index (Phi) is 5.79. The Hall–Kier alpha value is -1.60. The molecule has 1 aliphatic heterocycles. The minimum atomic E-state index is -0.422. The van der Waals surface area contributed by atoms with Crippen LogP contribution in [0, 0.1) is 10.1 Å². The van der Waals surface area contributed by atoms with Crippen LogP contribution in [-0.2, 0) is 4.79 Å². The second-order valence-electron chi connectivity index (χ2n) is 5.40. The van der Waals surface area contributed by atoms with E-state index in [1.807, 2.05) is 18.9 Å². The van der Waals surface area contributed by atoms with Crippen molar-refractivity contribution in [3.05, 3.63) is 34.4 Å². The zero-order chi connectivity index (χ0) is 16.1. The van der Waals surface area contributed by atoms with E-state index in [4.69, 9.17) is 0 Å². The van der Waals surface area contributed by atoms with Gasteiger partial charge in [-0.05, 0) is 38.9 Å². The van der Waals surface area contributed by atoms with Gasteiger partial charge in [-0.15, -0.1) is 11.8 Å². The Morgan fingerprint density at radius 2 is 1.95 bits per heavy atom. The number of amides is 1. The van der Waals surface area contributed by atoms with Crippen molar-refractivity contribution in [2.75, 3.05) is 20.1 Å². The molecule has 0 radical (unpaired) electrons. The van der Waals surface area contributed by atoms with Crippen LogP contribution in [-0.4, -0.2) is 47.2 Å². The third kappa shape index (κ3) is 4.20. The summed E-state index contributed by atoms with van der Waals surface area (Å²) in [5.74, 6) is 0.137. The number of piperidine rings is 1. The first kappa shape index (κ1) is 16.8. The normalized spacial score (nSPS) is 17.3. The molecule has 0 saturated carbocycles. The molecule has 0 aliphatic carbocycles. The van der Waals surface area contributed by atoms with Gasteiger partial charge in [0.1, 0.15) is 0 Å². The maximum atomic E-state index is 12.4. The molecule has 1 unspecified atom stereocenters. The fourth-order valence-corrected chi connectivity index (χ4v) is 3.50. The number of nitro groups is 1. The van der Waals surface area contributed by atoms with Crippen molar-refractivity contribution in [3.8, 4) is 0 Å². The molecule has 1 aromatic rings. The van der Waals surface area contributed by atoms with Crippen LogP contribution in [0.2, 0.25) is 0 Å². The van der Waals surface area contributed by atoms with Crippen LogP contribution < -0.4 is 5.32 Å². The van der Waals surface area contributed by atoms with Gasteiger partial charge in [0.15, 0.2) is 0 Å². The highest BCUT2D eigenvalue weighted by atomic mass is 32.2. The Balaban J connectivity index is 1.89. The van der Waals surface area contributed by atoms with E-state index < -0.39 is 4.92 Å². The second kappa shape index (κ2) is 7.60. The lowest BCUT2D eigenvalue weighted by molar-refractivity contribution is -0.384. The summed E-state index contributed by atoms with van der Waals surface area (Å²) in [7, 11) is 1.95. The summed E-state index contributed by atoms with van der Waals surface area (Å²) < 4.78 is 0. The van der Waals surface area contributed by atoms with E-state index >= 15 is 0 Å². The fourth-order valence-electron chi connectivity index (χ4n) is 2.55. The summed E-state index contributed by atoms with van der Waals surface area (Å²) in [5, 5.41) is 13.7. The van der Waals surface area contributed by atoms with Crippen molar-refractivity contribution in [1.82, 2.24) is 10.2 Å². The zero-order valence-electron chi connectivity index (χ0n) is 12.8. The smallest absolute Gasteiger partial charge is 0.269 e. The Bertz CT molecular complexity index is 527. The van der Waals surface area contributed by atoms with Crippen molar-refractivity contribution in [1.29, 1.82) is 0 Å². The lowest BCUT2D eigenvalue weighted by Crippen LogP contribution is -2.46. The van der Waals surface area contributed by atoms with Gasteiger partial charge in [-0.3, -0.25) is 14.9 Å². The summed E-state index contributed by atoms with van der Waals surface area (Å²) in [5.41, 5.74) is 0.0671. The Morgan fingerprint density at radius 3 is 2.45 bits per heavy atom. The zero-order valence-corrected chi connectivity index (χ0v) is 13.6. The quantitative estimate of drug-likeness (QED) is 0.511. The first-order valence-electron chi connectivity index (χ1n) is 7.38. The van der Waals surface area contributed by atoms with Crippen molar-refractivity contribution in [2.24, 2.45) is 0 Å². The average molecular weight is 323 g/mol. The molecule has 0 spiro atoms. The molecule has 1 amide bonds. The number of carbonyl (C=O) groups is 1. The molecule has 1 saturated heterocycles. The van der Waals surface area contributed by atoms with Crippen LogP contribution in [0.5, 0.6) is 0 Å². The molecule has 120 valence electrons. The van der Waals surface area contributed by atoms with Gasteiger partial charge in [0.25, 0.3) is 5.69 Å². The van der Waals surface area contributed by atoms with Gasteiger partial charge in [0, 0.05) is 36.2 Å². The van der Waals surface area contributed by atoms with E-state index in [9.17, 15) is 14.9 Å². The van der Waals surface area contributed by atoms with Crippen molar-refractivity contribution < 1.29 is 9.72 Å². The highest BCUT2D eigenvalue weighted by Crippen LogP contribution is 2.27. The predicted molar refractivity (Wildman–Crippen MR) is 87.1 cm³/mol. The van der Waals surface area contributed by atoms with Crippen LogP contribution in [0.25, 0.3) is 0 Å². The highest BCUT2D eigenvalue weighted by molar-refractivity contribution is 8.00. The fraction of sp³-hybridized carbons (Fsp3) is 0.533. The van der Waals surface area contributed by atoms with Crippen molar-refractivity contribution >= 4 is 23.4 Å². The Labute approximate surface area is 134 Å². The van der Waals surface area contributed by atoms with E-state index in [-0.39, 0.29) is 16.8 Å². The predicted octanol–water partition coefficient (Wildman–Crippen LogP) is 2.29. The molecule has 0 aromatic heterocycles. The van der Waals surface area contributed by atoms with Gasteiger partial charge in [0.05, 0.1) is 10.2 Å². The first-order valence-corrected chi connectivity index (χ1v) is 8.26. The molecule has 1 N–H and O–H groups in total. The number of nitrogens with one attached hydrogen (secondary N) is 1. The lowest BCUT2D eigenvalue weighted by atomic mass is 10.1.